The van der Waals surface area contributed by atoms with Gasteiger partial charge in [0.2, 0.25) is 0 Å². The van der Waals surface area contributed by atoms with Gasteiger partial charge >= 0.3 is 0 Å². The highest BCUT2D eigenvalue weighted by molar-refractivity contribution is 9.10. The third-order valence-corrected chi connectivity index (χ3v) is 4.54. The lowest BCUT2D eigenvalue weighted by molar-refractivity contribution is 0.0995. The van der Waals surface area contributed by atoms with Crippen molar-refractivity contribution in [1.29, 1.82) is 0 Å². The van der Waals surface area contributed by atoms with Crippen LogP contribution in [-0.4, -0.2) is 43.5 Å². The van der Waals surface area contributed by atoms with Gasteiger partial charge in [-0.2, -0.15) is 0 Å². The van der Waals surface area contributed by atoms with Crippen molar-refractivity contribution in [2.45, 2.75) is 6.92 Å². The smallest absolute Gasteiger partial charge is 0.291 e. The molecule has 0 aliphatic carbocycles. The number of furan rings is 1. The summed E-state index contributed by atoms with van der Waals surface area (Å²) in [5.41, 5.74) is 1.87. The number of rotatable bonds is 4. The number of benzene rings is 1. The maximum absolute atomic E-state index is 12.3. The summed E-state index contributed by atoms with van der Waals surface area (Å²) in [5, 5.41) is 2.95. The van der Waals surface area contributed by atoms with Crippen molar-refractivity contribution in [1.82, 2.24) is 4.90 Å². The lowest BCUT2D eigenvalue weighted by Gasteiger charge is -2.36. The van der Waals surface area contributed by atoms with Crippen molar-refractivity contribution in [2.24, 2.45) is 0 Å². The van der Waals surface area contributed by atoms with Crippen molar-refractivity contribution in [3.63, 3.8) is 0 Å². The molecule has 0 unspecified atom stereocenters. The molecule has 2 heterocycles. The van der Waals surface area contributed by atoms with Crippen LogP contribution in [-0.2, 0) is 0 Å². The Labute approximate surface area is 144 Å². The van der Waals surface area contributed by atoms with E-state index in [1.165, 1.54) is 0 Å². The monoisotopic (exact) mass is 377 g/mol. The standard InChI is InChI=1S/C17H20BrN3O2/c1-2-20-9-11-21(12-10-20)14-6-4-3-5-13(14)19-17(22)15-7-8-16(18)23-15/h3-8H,2,9-12H2,1H3,(H,19,22). The number of nitrogens with zero attached hydrogens (tertiary/aromatic N) is 2. The number of anilines is 2. The molecular weight excluding hydrogens is 358 g/mol. The molecule has 1 aliphatic rings. The third-order valence-electron chi connectivity index (χ3n) is 4.11. The van der Waals surface area contributed by atoms with Crippen LogP contribution in [0.4, 0.5) is 11.4 Å². The van der Waals surface area contributed by atoms with Gasteiger partial charge in [0, 0.05) is 26.2 Å². The number of halogens is 1. The fourth-order valence-corrected chi connectivity index (χ4v) is 3.09. The molecule has 1 amide bonds. The molecule has 5 nitrogen and oxygen atoms in total. The fourth-order valence-electron chi connectivity index (χ4n) is 2.78. The minimum atomic E-state index is -0.240. The van der Waals surface area contributed by atoms with Crippen LogP contribution in [0.2, 0.25) is 0 Å². The number of hydrogen-bond acceptors (Lipinski definition) is 4. The van der Waals surface area contributed by atoms with Gasteiger partial charge in [-0.15, -0.1) is 0 Å². The predicted molar refractivity (Wildman–Crippen MR) is 95.1 cm³/mol. The normalized spacial score (nSPS) is 15.7. The number of carbonyl (C=O) groups excluding carboxylic acids is 1. The first-order chi connectivity index (χ1) is 11.2. The maximum atomic E-state index is 12.3. The van der Waals surface area contributed by atoms with Crippen LogP contribution in [0.3, 0.4) is 0 Å². The van der Waals surface area contributed by atoms with E-state index in [0.29, 0.717) is 10.4 Å². The molecular formula is C17H20BrN3O2. The van der Waals surface area contributed by atoms with Gasteiger partial charge in [0.05, 0.1) is 11.4 Å². The lowest BCUT2D eigenvalue weighted by atomic mass is 10.2. The van der Waals surface area contributed by atoms with Crippen LogP contribution >= 0.6 is 15.9 Å². The Morgan fingerprint density at radius 1 is 1.17 bits per heavy atom. The average Bonchev–Trinajstić information content (AvgIpc) is 3.02. The number of amides is 1. The van der Waals surface area contributed by atoms with Crippen LogP contribution in [0.25, 0.3) is 0 Å². The fraction of sp³-hybridized carbons (Fsp3) is 0.353. The highest BCUT2D eigenvalue weighted by atomic mass is 79.9. The van der Waals surface area contributed by atoms with E-state index in [1.807, 2.05) is 18.2 Å². The van der Waals surface area contributed by atoms with E-state index in [0.717, 1.165) is 44.1 Å². The van der Waals surface area contributed by atoms with Gasteiger partial charge in [0.25, 0.3) is 5.91 Å². The van der Waals surface area contributed by atoms with Gasteiger partial charge in [-0.1, -0.05) is 19.1 Å². The molecule has 0 atom stereocenters. The molecule has 0 saturated carbocycles. The number of nitrogens with one attached hydrogen (secondary N) is 1. The maximum Gasteiger partial charge on any atom is 0.291 e. The van der Waals surface area contributed by atoms with Gasteiger partial charge in [0.1, 0.15) is 0 Å². The van der Waals surface area contributed by atoms with E-state index in [4.69, 9.17) is 4.42 Å². The van der Waals surface area contributed by atoms with Crippen LogP contribution in [0.1, 0.15) is 17.5 Å². The molecule has 1 saturated heterocycles. The molecule has 1 N–H and O–H groups in total. The Kier molecular flexibility index (Phi) is 5.03. The Balaban J connectivity index is 1.74. The van der Waals surface area contributed by atoms with Crippen LogP contribution < -0.4 is 10.2 Å². The van der Waals surface area contributed by atoms with Crippen LogP contribution in [0.15, 0.2) is 45.5 Å². The van der Waals surface area contributed by atoms with Gasteiger partial charge in [-0.25, -0.2) is 0 Å². The van der Waals surface area contributed by atoms with E-state index in [1.54, 1.807) is 12.1 Å². The van der Waals surface area contributed by atoms with Crippen molar-refractivity contribution in [3.05, 3.63) is 46.8 Å². The molecule has 23 heavy (non-hydrogen) atoms. The highest BCUT2D eigenvalue weighted by Crippen LogP contribution is 2.27. The highest BCUT2D eigenvalue weighted by Gasteiger charge is 2.19. The van der Waals surface area contributed by atoms with Gasteiger partial charge in [-0.3, -0.25) is 4.79 Å². The van der Waals surface area contributed by atoms with Crippen molar-refractivity contribution >= 4 is 33.2 Å². The summed E-state index contributed by atoms with van der Waals surface area (Å²) < 4.78 is 5.86. The number of likely N-dealkylation sites (N-methyl/N-ethyl adjacent to an activating group) is 1. The van der Waals surface area contributed by atoms with E-state index in [2.05, 4.69) is 44.0 Å². The minimum absolute atomic E-state index is 0.240. The molecule has 122 valence electrons. The second-order valence-electron chi connectivity index (χ2n) is 5.50. The quantitative estimate of drug-likeness (QED) is 0.886. The molecule has 2 aromatic rings. The largest absolute Gasteiger partial charge is 0.444 e. The number of hydrogen-bond donors (Lipinski definition) is 1. The molecule has 1 aromatic carbocycles. The Hall–Kier alpha value is -1.79. The minimum Gasteiger partial charge on any atom is -0.444 e. The zero-order valence-electron chi connectivity index (χ0n) is 13.1. The van der Waals surface area contributed by atoms with Gasteiger partial charge in [0.15, 0.2) is 10.4 Å². The first-order valence-electron chi connectivity index (χ1n) is 7.80. The molecule has 1 aromatic heterocycles. The topological polar surface area (TPSA) is 48.7 Å². The Bertz CT molecular complexity index is 678. The molecule has 6 heteroatoms. The lowest BCUT2D eigenvalue weighted by Crippen LogP contribution is -2.46. The summed E-state index contributed by atoms with van der Waals surface area (Å²) in [6.07, 6.45) is 0. The molecule has 0 spiro atoms. The second kappa shape index (κ2) is 7.19. The average molecular weight is 378 g/mol. The molecule has 0 radical (unpaired) electrons. The van der Waals surface area contributed by atoms with Crippen LogP contribution in [0.5, 0.6) is 0 Å². The van der Waals surface area contributed by atoms with Crippen molar-refractivity contribution in [2.75, 3.05) is 42.9 Å². The third kappa shape index (κ3) is 3.76. The van der Waals surface area contributed by atoms with Gasteiger partial charge < -0.3 is 19.5 Å². The van der Waals surface area contributed by atoms with Gasteiger partial charge in [-0.05, 0) is 46.7 Å². The van der Waals surface area contributed by atoms with E-state index in [-0.39, 0.29) is 5.91 Å². The first kappa shape index (κ1) is 16.1. The zero-order valence-corrected chi connectivity index (χ0v) is 14.7. The summed E-state index contributed by atoms with van der Waals surface area (Å²) in [4.78, 5) is 17.1. The van der Waals surface area contributed by atoms with Crippen molar-refractivity contribution < 1.29 is 9.21 Å². The Morgan fingerprint density at radius 3 is 2.57 bits per heavy atom. The predicted octanol–water partition coefficient (Wildman–Crippen LogP) is 3.44. The second-order valence-corrected chi connectivity index (χ2v) is 6.28. The molecule has 1 fully saturated rings. The number of carbonyl (C=O) groups is 1. The summed E-state index contributed by atoms with van der Waals surface area (Å²) in [7, 11) is 0. The number of piperazine rings is 1. The van der Waals surface area contributed by atoms with E-state index in [9.17, 15) is 4.79 Å². The molecule has 3 rings (SSSR count). The Morgan fingerprint density at radius 2 is 1.91 bits per heavy atom. The summed E-state index contributed by atoms with van der Waals surface area (Å²) in [6, 6.07) is 11.3. The zero-order chi connectivity index (χ0) is 16.2. The summed E-state index contributed by atoms with van der Waals surface area (Å²) >= 11 is 3.22. The van der Waals surface area contributed by atoms with Crippen molar-refractivity contribution in [3.8, 4) is 0 Å². The molecule has 0 bridgehead atoms. The number of para-hydroxylation sites is 2. The van der Waals surface area contributed by atoms with Crippen LogP contribution in [0, 0.1) is 0 Å². The SMILES string of the molecule is CCN1CCN(c2ccccc2NC(=O)c2ccc(Br)o2)CC1. The molecule has 1 aliphatic heterocycles. The van der Waals surface area contributed by atoms with E-state index < -0.39 is 0 Å². The first-order valence-corrected chi connectivity index (χ1v) is 8.59. The summed E-state index contributed by atoms with van der Waals surface area (Å²) in [6.45, 7) is 7.29. The summed E-state index contributed by atoms with van der Waals surface area (Å²) in [5.74, 6) is 0.0535. The van der Waals surface area contributed by atoms with E-state index >= 15 is 0 Å².